The van der Waals surface area contributed by atoms with Gasteiger partial charge in [0.05, 0.1) is 14.2 Å². The van der Waals surface area contributed by atoms with Crippen LogP contribution < -0.4 is 20.5 Å². The van der Waals surface area contributed by atoms with Gasteiger partial charge in [-0.25, -0.2) is 0 Å². The Morgan fingerprint density at radius 1 is 1.04 bits per heavy atom. The number of benzene rings is 2. The van der Waals surface area contributed by atoms with Gasteiger partial charge >= 0.3 is 0 Å². The molecule has 2 aromatic carbocycles. The van der Waals surface area contributed by atoms with Crippen molar-refractivity contribution >= 4 is 17.9 Å². The van der Waals surface area contributed by atoms with Crippen molar-refractivity contribution in [2.45, 2.75) is 0 Å². The first-order chi connectivity index (χ1) is 11.5. The first-order valence-corrected chi connectivity index (χ1v) is 7.15. The highest BCUT2D eigenvalue weighted by atomic mass is 16.5. The molecule has 2 aromatic rings. The zero-order chi connectivity index (χ0) is 17.5. The van der Waals surface area contributed by atoms with Crippen LogP contribution in [-0.4, -0.2) is 26.0 Å². The van der Waals surface area contributed by atoms with Crippen LogP contribution in [0.2, 0.25) is 0 Å². The van der Waals surface area contributed by atoms with Crippen LogP contribution in [0.25, 0.3) is 6.08 Å². The number of methoxy groups -OCH3 is 2. The standard InChI is InChI=1S/C18H18N2O4/c1-23-14-9-8-13(16(11-14)24-2)10-15(17(19)21)20-18(22)12-6-4-3-5-7-12/h3-11H,1-2H3,(H2,19,21)(H,20,22). The number of hydrogen-bond acceptors (Lipinski definition) is 4. The van der Waals surface area contributed by atoms with Gasteiger partial charge in [-0.1, -0.05) is 18.2 Å². The van der Waals surface area contributed by atoms with Crippen molar-refractivity contribution in [3.63, 3.8) is 0 Å². The number of hydrogen-bond donors (Lipinski definition) is 2. The van der Waals surface area contributed by atoms with Crippen LogP contribution in [0.15, 0.2) is 54.2 Å². The van der Waals surface area contributed by atoms with Gasteiger partial charge < -0.3 is 20.5 Å². The molecule has 6 nitrogen and oxygen atoms in total. The van der Waals surface area contributed by atoms with Crippen LogP contribution in [-0.2, 0) is 4.79 Å². The average Bonchev–Trinajstić information content (AvgIpc) is 2.61. The van der Waals surface area contributed by atoms with Crippen molar-refractivity contribution in [1.82, 2.24) is 5.32 Å². The Hall–Kier alpha value is -3.28. The summed E-state index contributed by atoms with van der Waals surface area (Å²) in [6, 6.07) is 13.6. The maximum atomic E-state index is 12.2. The van der Waals surface area contributed by atoms with E-state index in [2.05, 4.69) is 5.32 Å². The average molecular weight is 326 g/mol. The van der Waals surface area contributed by atoms with Gasteiger partial charge in [0.2, 0.25) is 0 Å². The lowest BCUT2D eigenvalue weighted by molar-refractivity contribution is -0.114. The van der Waals surface area contributed by atoms with Crippen molar-refractivity contribution in [2.24, 2.45) is 5.73 Å². The van der Waals surface area contributed by atoms with Crippen LogP contribution in [0.5, 0.6) is 11.5 Å². The number of carbonyl (C=O) groups is 2. The molecular weight excluding hydrogens is 308 g/mol. The summed E-state index contributed by atoms with van der Waals surface area (Å²) in [5, 5.41) is 2.52. The van der Waals surface area contributed by atoms with Crippen LogP contribution in [0.1, 0.15) is 15.9 Å². The van der Waals surface area contributed by atoms with E-state index < -0.39 is 11.8 Å². The Balaban J connectivity index is 2.32. The topological polar surface area (TPSA) is 90.6 Å². The molecule has 0 fully saturated rings. The highest BCUT2D eigenvalue weighted by Gasteiger charge is 2.13. The molecule has 24 heavy (non-hydrogen) atoms. The van der Waals surface area contributed by atoms with Crippen molar-refractivity contribution < 1.29 is 19.1 Å². The molecule has 0 radical (unpaired) electrons. The molecule has 3 N–H and O–H groups in total. The van der Waals surface area contributed by atoms with Crippen LogP contribution in [0.4, 0.5) is 0 Å². The Morgan fingerprint density at radius 3 is 2.33 bits per heavy atom. The fourth-order valence-corrected chi connectivity index (χ4v) is 2.05. The summed E-state index contributed by atoms with van der Waals surface area (Å²) >= 11 is 0. The van der Waals surface area contributed by atoms with E-state index in [0.717, 1.165) is 0 Å². The third-order valence-electron chi connectivity index (χ3n) is 3.29. The predicted octanol–water partition coefficient (Wildman–Crippen LogP) is 1.96. The van der Waals surface area contributed by atoms with E-state index >= 15 is 0 Å². The van der Waals surface area contributed by atoms with E-state index in [1.54, 1.807) is 55.6 Å². The van der Waals surface area contributed by atoms with Crippen molar-refractivity contribution in [3.8, 4) is 11.5 Å². The molecule has 124 valence electrons. The molecule has 0 atom stereocenters. The maximum absolute atomic E-state index is 12.2. The molecule has 6 heteroatoms. The lowest BCUT2D eigenvalue weighted by Crippen LogP contribution is -2.31. The summed E-state index contributed by atoms with van der Waals surface area (Å²) in [7, 11) is 3.04. The number of carbonyl (C=O) groups excluding carboxylic acids is 2. The van der Waals surface area contributed by atoms with Crippen molar-refractivity contribution in [3.05, 3.63) is 65.4 Å². The number of amides is 2. The predicted molar refractivity (Wildman–Crippen MR) is 90.6 cm³/mol. The Labute approximate surface area is 139 Å². The van der Waals surface area contributed by atoms with E-state index in [-0.39, 0.29) is 5.70 Å². The lowest BCUT2D eigenvalue weighted by atomic mass is 10.1. The SMILES string of the molecule is COc1ccc(C=C(NC(=O)c2ccccc2)C(N)=O)c(OC)c1. The molecule has 0 saturated carbocycles. The first-order valence-electron chi connectivity index (χ1n) is 7.15. The summed E-state index contributed by atoms with van der Waals surface area (Å²) < 4.78 is 10.4. The summed E-state index contributed by atoms with van der Waals surface area (Å²) in [6.45, 7) is 0. The zero-order valence-electron chi connectivity index (χ0n) is 13.4. The zero-order valence-corrected chi connectivity index (χ0v) is 13.4. The van der Waals surface area contributed by atoms with Gasteiger partial charge in [-0.15, -0.1) is 0 Å². The van der Waals surface area contributed by atoms with Gasteiger partial charge in [0, 0.05) is 17.2 Å². The number of rotatable bonds is 6. The molecule has 0 aliphatic carbocycles. The van der Waals surface area contributed by atoms with Gasteiger partial charge in [0.15, 0.2) is 0 Å². The Bertz CT molecular complexity index is 770. The third-order valence-corrected chi connectivity index (χ3v) is 3.29. The van der Waals surface area contributed by atoms with Gasteiger partial charge in [-0.05, 0) is 30.3 Å². The molecule has 0 spiro atoms. The normalized spacial score (nSPS) is 10.8. The van der Waals surface area contributed by atoms with Crippen molar-refractivity contribution in [2.75, 3.05) is 14.2 Å². The molecular formula is C18H18N2O4. The fourth-order valence-electron chi connectivity index (χ4n) is 2.05. The van der Waals surface area contributed by atoms with Crippen molar-refractivity contribution in [1.29, 1.82) is 0 Å². The second-order valence-electron chi connectivity index (χ2n) is 4.85. The molecule has 0 aliphatic rings. The van der Waals surface area contributed by atoms with E-state index in [1.807, 2.05) is 0 Å². The minimum absolute atomic E-state index is 0.0349. The highest BCUT2D eigenvalue weighted by Crippen LogP contribution is 2.26. The van der Waals surface area contributed by atoms with Gasteiger partial charge in [-0.3, -0.25) is 9.59 Å². The largest absolute Gasteiger partial charge is 0.497 e. The molecule has 0 aromatic heterocycles. The third kappa shape index (κ3) is 4.13. The van der Waals surface area contributed by atoms with Gasteiger partial charge in [-0.2, -0.15) is 0 Å². The Kier molecular flexibility index (Phi) is 5.57. The van der Waals surface area contributed by atoms with Crippen LogP contribution in [0, 0.1) is 0 Å². The molecule has 2 rings (SSSR count). The summed E-state index contributed by atoms with van der Waals surface area (Å²) in [5.74, 6) is -0.0784. The Morgan fingerprint density at radius 2 is 1.75 bits per heavy atom. The summed E-state index contributed by atoms with van der Waals surface area (Å²) in [6.07, 6.45) is 1.46. The lowest BCUT2D eigenvalue weighted by Gasteiger charge is -2.10. The number of nitrogens with two attached hydrogens (primary N) is 1. The van der Waals surface area contributed by atoms with Gasteiger partial charge in [0.25, 0.3) is 11.8 Å². The second-order valence-corrected chi connectivity index (χ2v) is 4.85. The van der Waals surface area contributed by atoms with Gasteiger partial charge in [0.1, 0.15) is 17.2 Å². The highest BCUT2D eigenvalue weighted by molar-refractivity contribution is 6.04. The number of ether oxygens (including phenoxy) is 2. The maximum Gasteiger partial charge on any atom is 0.265 e. The monoisotopic (exact) mass is 326 g/mol. The molecule has 2 amide bonds. The van der Waals surface area contributed by atoms with E-state index in [0.29, 0.717) is 22.6 Å². The number of nitrogens with one attached hydrogen (secondary N) is 1. The molecule has 0 bridgehead atoms. The van der Waals surface area contributed by atoms with Crippen LogP contribution in [0.3, 0.4) is 0 Å². The summed E-state index contributed by atoms with van der Waals surface area (Å²) in [4.78, 5) is 23.9. The molecule has 0 saturated heterocycles. The summed E-state index contributed by atoms with van der Waals surface area (Å²) in [5.41, 5.74) is 6.34. The quantitative estimate of drug-likeness (QED) is 0.794. The minimum Gasteiger partial charge on any atom is -0.497 e. The smallest absolute Gasteiger partial charge is 0.265 e. The number of primary amides is 1. The van der Waals surface area contributed by atoms with E-state index in [9.17, 15) is 9.59 Å². The first kappa shape index (κ1) is 17.1. The fraction of sp³-hybridized carbons (Fsp3) is 0.111. The second kappa shape index (κ2) is 7.82. The van der Waals surface area contributed by atoms with E-state index in [1.165, 1.54) is 13.2 Å². The molecule has 0 aliphatic heterocycles. The molecule has 0 unspecified atom stereocenters. The minimum atomic E-state index is -0.753. The van der Waals surface area contributed by atoms with Crippen LogP contribution >= 0.6 is 0 Å². The molecule has 0 heterocycles. The van der Waals surface area contributed by atoms with E-state index in [4.69, 9.17) is 15.2 Å².